The number of hydrogen-bond acceptors (Lipinski definition) is 6. The molecule has 2 rings (SSSR count). The minimum Gasteiger partial charge on any atom is -0.453 e. The molecule has 2 amide bonds. The first kappa shape index (κ1) is 17.2. The van der Waals surface area contributed by atoms with Crippen molar-refractivity contribution in [2.75, 3.05) is 25.0 Å². The second-order valence-corrected chi connectivity index (χ2v) is 4.37. The summed E-state index contributed by atoms with van der Waals surface area (Å²) in [6.07, 6.45) is -6.48. The Kier molecular flexibility index (Phi) is 4.66. The van der Waals surface area contributed by atoms with Gasteiger partial charge in [-0.1, -0.05) is 0 Å². The quantitative estimate of drug-likeness (QED) is 0.634. The van der Waals surface area contributed by atoms with E-state index in [4.69, 9.17) is 0 Å². The van der Waals surface area contributed by atoms with Gasteiger partial charge in [-0.15, -0.1) is 0 Å². The van der Waals surface area contributed by atoms with Gasteiger partial charge in [-0.2, -0.15) is 18.3 Å². The van der Waals surface area contributed by atoms with Crippen molar-refractivity contribution in [3.05, 3.63) is 17.7 Å². The topological polar surface area (TPSA) is 117 Å². The Balaban J connectivity index is 2.50. The number of ether oxygens (including phenoxy) is 2. The molecule has 0 saturated heterocycles. The number of fused-ring (bicyclic) bond motifs is 1. The van der Waals surface area contributed by atoms with Crippen LogP contribution in [0.15, 0.2) is 12.1 Å². The number of hydrazine groups is 1. The maximum Gasteiger partial charge on any atom is 0.425 e. The smallest absolute Gasteiger partial charge is 0.425 e. The van der Waals surface area contributed by atoms with Crippen molar-refractivity contribution < 1.29 is 32.2 Å². The molecule has 2 aromatic rings. The van der Waals surface area contributed by atoms with Gasteiger partial charge in [0.1, 0.15) is 0 Å². The maximum atomic E-state index is 13.0. The van der Waals surface area contributed by atoms with Crippen molar-refractivity contribution in [1.82, 2.24) is 15.6 Å². The van der Waals surface area contributed by atoms with Crippen molar-refractivity contribution >= 4 is 34.6 Å². The third kappa shape index (κ3) is 3.59. The fourth-order valence-electron chi connectivity index (χ4n) is 1.80. The van der Waals surface area contributed by atoms with Crippen LogP contribution >= 0.6 is 0 Å². The predicted octanol–water partition coefficient (Wildman–Crippen LogP) is 2.44. The maximum absolute atomic E-state index is 13.0. The molecule has 0 unspecified atom stereocenters. The van der Waals surface area contributed by atoms with Crippen molar-refractivity contribution in [2.24, 2.45) is 0 Å². The first-order valence-corrected chi connectivity index (χ1v) is 6.30. The predicted molar refractivity (Wildman–Crippen MR) is 76.3 cm³/mol. The van der Waals surface area contributed by atoms with Crippen molar-refractivity contribution in [2.45, 2.75) is 6.18 Å². The van der Waals surface area contributed by atoms with Crippen LogP contribution in [-0.4, -0.2) is 36.6 Å². The van der Waals surface area contributed by atoms with Crippen LogP contribution in [0.3, 0.4) is 0 Å². The lowest BCUT2D eigenvalue weighted by Gasteiger charge is -2.11. The number of carbonyl (C=O) groups excluding carboxylic acids is 2. The van der Waals surface area contributed by atoms with E-state index in [0.29, 0.717) is 0 Å². The van der Waals surface area contributed by atoms with Crippen LogP contribution in [0.25, 0.3) is 10.9 Å². The van der Waals surface area contributed by atoms with Crippen LogP contribution in [0, 0.1) is 0 Å². The van der Waals surface area contributed by atoms with Crippen LogP contribution in [0.1, 0.15) is 5.56 Å². The highest BCUT2D eigenvalue weighted by molar-refractivity contribution is 6.02. The third-order valence-corrected chi connectivity index (χ3v) is 2.89. The minimum absolute atomic E-state index is 0.0207. The summed E-state index contributed by atoms with van der Waals surface area (Å²) in [5, 5.41) is 8.36. The van der Waals surface area contributed by atoms with Gasteiger partial charge in [-0.3, -0.25) is 15.8 Å². The molecule has 1 aromatic carbocycles. The molecule has 1 aromatic heterocycles. The number of halogens is 3. The molecule has 0 aliphatic rings. The highest BCUT2D eigenvalue weighted by Gasteiger charge is 2.32. The number of methoxy groups -OCH3 is 2. The fraction of sp³-hybridized carbons (Fsp3) is 0.250. The van der Waals surface area contributed by atoms with Gasteiger partial charge in [-0.25, -0.2) is 15.0 Å². The summed E-state index contributed by atoms with van der Waals surface area (Å²) in [4.78, 5) is 22.3. The second-order valence-electron chi connectivity index (χ2n) is 4.37. The molecule has 0 aliphatic carbocycles. The lowest BCUT2D eigenvalue weighted by atomic mass is 10.1. The SMILES string of the molecule is COC(=O)NNc1n[nH]c2c(NC(=O)OC)cc(C(F)(F)F)cc12. The van der Waals surface area contributed by atoms with Gasteiger partial charge in [0.2, 0.25) is 0 Å². The number of carbonyl (C=O) groups is 2. The van der Waals surface area contributed by atoms with E-state index < -0.39 is 23.9 Å². The molecule has 0 aliphatic heterocycles. The summed E-state index contributed by atoms with van der Waals surface area (Å²) in [6, 6.07) is 1.54. The monoisotopic (exact) mass is 347 g/mol. The second kappa shape index (κ2) is 6.52. The van der Waals surface area contributed by atoms with Crippen LogP contribution < -0.4 is 16.2 Å². The van der Waals surface area contributed by atoms with E-state index in [-0.39, 0.29) is 22.4 Å². The third-order valence-electron chi connectivity index (χ3n) is 2.89. The zero-order chi connectivity index (χ0) is 17.9. The molecule has 130 valence electrons. The van der Waals surface area contributed by atoms with Crippen LogP contribution in [0.2, 0.25) is 0 Å². The summed E-state index contributed by atoms with van der Waals surface area (Å²) >= 11 is 0. The molecule has 0 bridgehead atoms. The van der Waals surface area contributed by atoms with Gasteiger partial charge >= 0.3 is 18.4 Å². The molecule has 4 N–H and O–H groups in total. The summed E-state index contributed by atoms with van der Waals surface area (Å²) in [5.41, 5.74) is 3.27. The summed E-state index contributed by atoms with van der Waals surface area (Å²) in [7, 11) is 2.18. The molecular formula is C12H12F3N5O4. The number of nitrogens with one attached hydrogen (secondary N) is 4. The van der Waals surface area contributed by atoms with E-state index in [0.717, 1.165) is 26.4 Å². The van der Waals surface area contributed by atoms with Gasteiger partial charge in [0.25, 0.3) is 0 Å². The normalized spacial score (nSPS) is 11.0. The minimum atomic E-state index is -4.66. The molecule has 0 saturated carbocycles. The number of alkyl halides is 3. The van der Waals surface area contributed by atoms with E-state index in [1.807, 2.05) is 0 Å². The van der Waals surface area contributed by atoms with Crippen molar-refractivity contribution in [1.29, 1.82) is 0 Å². The fourth-order valence-corrected chi connectivity index (χ4v) is 1.80. The number of aromatic amines is 1. The lowest BCUT2D eigenvalue weighted by Crippen LogP contribution is -2.29. The average molecular weight is 347 g/mol. The Morgan fingerprint density at radius 2 is 1.83 bits per heavy atom. The van der Waals surface area contributed by atoms with Crippen molar-refractivity contribution in [3.8, 4) is 0 Å². The average Bonchev–Trinajstić information content (AvgIpc) is 2.94. The number of nitrogens with zero attached hydrogens (tertiary/aromatic N) is 1. The lowest BCUT2D eigenvalue weighted by molar-refractivity contribution is -0.137. The highest BCUT2D eigenvalue weighted by Crippen LogP contribution is 2.36. The molecule has 0 fully saturated rings. The zero-order valence-electron chi connectivity index (χ0n) is 12.4. The number of aromatic nitrogens is 2. The van der Waals surface area contributed by atoms with Gasteiger partial charge in [0.05, 0.1) is 31.0 Å². The van der Waals surface area contributed by atoms with Gasteiger partial charge in [-0.05, 0) is 12.1 Å². The standard InChI is InChI=1S/C12H12F3N5O4/c1-23-10(21)16-7-4-5(12(13,14)15)3-6-8(7)17-18-9(6)19-20-11(22)24-2/h3-4H,1-2H3,(H,16,21)(H,20,22)(H2,17,18,19). The van der Waals surface area contributed by atoms with Crippen LogP contribution in [0.4, 0.5) is 34.3 Å². The molecule has 0 atom stereocenters. The molecule has 0 spiro atoms. The van der Waals surface area contributed by atoms with Crippen molar-refractivity contribution in [3.63, 3.8) is 0 Å². The van der Waals surface area contributed by atoms with E-state index in [2.05, 4.69) is 35.8 Å². The Bertz CT molecular complexity index is 774. The van der Waals surface area contributed by atoms with Gasteiger partial charge < -0.3 is 9.47 Å². The van der Waals surface area contributed by atoms with Crippen LogP contribution in [-0.2, 0) is 15.7 Å². The number of amides is 2. The molecular weight excluding hydrogens is 335 g/mol. The Morgan fingerprint density at radius 3 is 2.42 bits per heavy atom. The first-order chi connectivity index (χ1) is 11.3. The largest absolute Gasteiger partial charge is 0.453 e. The van der Waals surface area contributed by atoms with E-state index in [1.165, 1.54) is 0 Å². The van der Waals surface area contributed by atoms with Crippen LogP contribution in [0.5, 0.6) is 0 Å². The first-order valence-electron chi connectivity index (χ1n) is 6.30. The summed E-state index contributed by atoms with van der Waals surface area (Å²) in [6.45, 7) is 0. The van der Waals surface area contributed by atoms with E-state index >= 15 is 0 Å². The van der Waals surface area contributed by atoms with Gasteiger partial charge in [0, 0.05) is 5.39 Å². The number of H-pyrrole nitrogens is 1. The Morgan fingerprint density at radius 1 is 1.17 bits per heavy atom. The number of anilines is 2. The summed E-state index contributed by atoms with van der Waals surface area (Å²) in [5.74, 6) is -0.102. The number of hydrogen-bond donors (Lipinski definition) is 4. The number of rotatable bonds is 3. The molecule has 1 heterocycles. The Hall–Kier alpha value is -3.18. The van der Waals surface area contributed by atoms with E-state index in [1.54, 1.807) is 0 Å². The zero-order valence-corrected chi connectivity index (χ0v) is 12.4. The highest BCUT2D eigenvalue weighted by atomic mass is 19.4. The molecule has 0 radical (unpaired) electrons. The summed E-state index contributed by atoms with van der Waals surface area (Å²) < 4.78 is 47.8. The number of benzene rings is 1. The van der Waals surface area contributed by atoms with Gasteiger partial charge in [0.15, 0.2) is 5.82 Å². The van der Waals surface area contributed by atoms with E-state index in [9.17, 15) is 22.8 Å². The Labute approximate surface area is 132 Å². The molecule has 12 heteroatoms. The molecule has 9 nitrogen and oxygen atoms in total. The molecule has 24 heavy (non-hydrogen) atoms.